The molecule has 0 unspecified atom stereocenters. The van der Waals surface area contributed by atoms with E-state index in [1.807, 2.05) is 6.26 Å². The van der Waals surface area contributed by atoms with E-state index >= 15 is 0 Å². The van der Waals surface area contributed by atoms with Gasteiger partial charge < -0.3 is 0 Å². The second-order valence-corrected chi connectivity index (χ2v) is 2.91. The number of hydrogen-bond acceptors (Lipinski definition) is 3. The number of hydrogen-bond donors (Lipinski definition) is 0. The van der Waals surface area contributed by atoms with Gasteiger partial charge >= 0.3 is 0 Å². The molecular formula is C8H11NO2S. The van der Waals surface area contributed by atoms with Gasteiger partial charge in [-0.15, -0.1) is 11.8 Å². The van der Waals surface area contributed by atoms with Crippen molar-refractivity contribution in [3.8, 4) is 0 Å². The Bertz CT molecular complexity index is 243. The number of allylic oxidation sites excluding steroid dienone is 3. The Morgan fingerprint density at radius 2 is 2.17 bits per heavy atom. The van der Waals surface area contributed by atoms with Gasteiger partial charge in [-0.2, -0.15) is 0 Å². The van der Waals surface area contributed by atoms with Gasteiger partial charge in [0.1, 0.15) is 0 Å². The molecule has 0 aromatic heterocycles. The molecule has 0 bridgehead atoms. The molecule has 0 rings (SSSR count). The monoisotopic (exact) mass is 185 g/mol. The number of rotatable bonds is 4. The molecule has 0 amide bonds. The number of nitro groups is 1. The molecule has 0 aromatic rings. The molecule has 0 aromatic carbocycles. The average molecular weight is 185 g/mol. The van der Waals surface area contributed by atoms with Crippen LogP contribution in [-0.2, 0) is 0 Å². The van der Waals surface area contributed by atoms with Crippen molar-refractivity contribution in [1.29, 1.82) is 0 Å². The third-order valence-corrected chi connectivity index (χ3v) is 1.87. The van der Waals surface area contributed by atoms with Gasteiger partial charge in [0.25, 0.3) is 5.70 Å². The first kappa shape index (κ1) is 11.0. The van der Waals surface area contributed by atoms with Gasteiger partial charge in [-0.1, -0.05) is 6.58 Å². The summed E-state index contributed by atoms with van der Waals surface area (Å²) < 4.78 is 0. The fourth-order valence-corrected chi connectivity index (χ4v) is 0.713. The van der Waals surface area contributed by atoms with Gasteiger partial charge in [-0.3, -0.25) is 10.1 Å². The maximum atomic E-state index is 10.3. The Hall–Kier alpha value is -1.03. The van der Waals surface area contributed by atoms with Gasteiger partial charge in [-0.05, 0) is 30.2 Å². The van der Waals surface area contributed by atoms with Gasteiger partial charge in [0.2, 0.25) is 0 Å². The van der Waals surface area contributed by atoms with E-state index in [-0.39, 0.29) is 5.70 Å². The molecular weight excluding hydrogens is 174 g/mol. The molecule has 0 radical (unpaired) electrons. The quantitative estimate of drug-likeness (QED) is 0.384. The van der Waals surface area contributed by atoms with Crippen LogP contribution in [0.4, 0.5) is 0 Å². The van der Waals surface area contributed by atoms with E-state index in [0.717, 1.165) is 4.91 Å². The van der Waals surface area contributed by atoms with Crippen molar-refractivity contribution >= 4 is 11.8 Å². The smallest absolute Gasteiger partial charge is 0.258 e. The first-order valence-corrected chi connectivity index (χ1v) is 4.56. The van der Waals surface area contributed by atoms with E-state index in [4.69, 9.17) is 0 Å². The van der Waals surface area contributed by atoms with Crippen molar-refractivity contribution < 1.29 is 4.92 Å². The minimum atomic E-state index is -0.426. The molecule has 0 fully saturated rings. The molecule has 3 nitrogen and oxygen atoms in total. The van der Waals surface area contributed by atoms with Crippen LogP contribution in [0.1, 0.15) is 6.92 Å². The van der Waals surface area contributed by atoms with E-state index in [1.54, 1.807) is 13.0 Å². The maximum Gasteiger partial charge on any atom is 0.265 e. The molecule has 0 N–H and O–H groups in total. The summed E-state index contributed by atoms with van der Waals surface area (Å²) in [5.41, 5.74) is 0.0881. The van der Waals surface area contributed by atoms with Crippen LogP contribution in [0.15, 0.2) is 35.4 Å². The SMILES string of the molecule is C=C(/C=C\C(=C/C)[N+](=O)[O-])SC. The molecule has 0 aliphatic rings. The van der Waals surface area contributed by atoms with Gasteiger partial charge in [0.15, 0.2) is 0 Å². The zero-order chi connectivity index (χ0) is 9.56. The lowest BCUT2D eigenvalue weighted by atomic mass is 10.3. The minimum Gasteiger partial charge on any atom is -0.258 e. The van der Waals surface area contributed by atoms with E-state index in [0.29, 0.717) is 0 Å². The second kappa shape index (κ2) is 5.60. The van der Waals surface area contributed by atoms with Crippen molar-refractivity contribution in [2.45, 2.75) is 6.92 Å². The molecule has 0 atom stereocenters. The van der Waals surface area contributed by atoms with Crippen LogP contribution in [0, 0.1) is 10.1 Å². The van der Waals surface area contributed by atoms with Gasteiger partial charge in [0.05, 0.1) is 4.92 Å². The van der Waals surface area contributed by atoms with Crippen LogP contribution in [0.25, 0.3) is 0 Å². The highest BCUT2D eigenvalue weighted by Crippen LogP contribution is 2.10. The third kappa shape index (κ3) is 3.98. The van der Waals surface area contributed by atoms with Crippen LogP contribution in [0.3, 0.4) is 0 Å². The fourth-order valence-electron chi connectivity index (χ4n) is 0.509. The van der Waals surface area contributed by atoms with E-state index in [9.17, 15) is 10.1 Å². The second-order valence-electron chi connectivity index (χ2n) is 1.97. The van der Waals surface area contributed by atoms with Crippen LogP contribution >= 0.6 is 11.8 Å². The minimum absolute atomic E-state index is 0.0881. The van der Waals surface area contributed by atoms with Crippen LogP contribution in [0.5, 0.6) is 0 Å². The van der Waals surface area contributed by atoms with E-state index < -0.39 is 4.92 Å². The topological polar surface area (TPSA) is 43.1 Å². The zero-order valence-corrected chi connectivity index (χ0v) is 7.93. The zero-order valence-electron chi connectivity index (χ0n) is 7.11. The van der Waals surface area contributed by atoms with E-state index in [2.05, 4.69) is 6.58 Å². The summed E-state index contributed by atoms with van der Waals surface area (Å²) in [4.78, 5) is 10.7. The lowest BCUT2D eigenvalue weighted by Gasteiger charge is -1.91. The Labute approximate surface area is 76.0 Å². The number of nitrogens with zero attached hydrogens (tertiary/aromatic N) is 1. The predicted molar refractivity (Wildman–Crippen MR) is 52.5 cm³/mol. The Kier molecular flexibility index (Phi) is 5.12. The molecule has 0 aliphatic heterocycles. The highest BCUT2D eigenvalue weighted by Gasteiger charge is 2.01. The summed E-state index contributed by atoms with van der Waals surface area (Å²) in [6.07, 6.45) is 6.39. The fraction of sp³-hybridized carbons (Fsp3) is 0.250. The Balaban J connectivity index is 4.32. The van der Waals surface area contributed by atoms with Crippen molar-refractivity contribution in [3.05, 3.63) is 45.5 Å². The van der Waals surface area contributed by atoms with Crippen LogP contribution in [-0.4, -0.2) is 11.2 Å². The third-order valence-electron chi connectivity index (χ3n) is 1.21. The summed E-state index contributed by atoms with van der Waals surface area (Å²) in [7, 11) is 0. The van der Waals surface area contributed by atoms with Crippen molar-refractivity contribution in [2.75, 3.05) is 6.26 Å². The lowest BCUT2D eigenvalue weighted by molar-refractivity contribution is -0.419. The predicted octanol–water partition coefficient (Wildman–Crippen LogP) is 2.60. The van der Waals surface area contributed by atoms with Gasteiger partial charge in [-0.25, -0.2) is 0 Å². The highest BCUT2D eigenvalue weighted by atomic mass is 32.2. The molecule has 0 aliphatic carbocycles. The first-order valence-electron chi connectivity index (χ1n) is 3.33. The molecule has 12 heavy (non-hydrogen) atoms. The largest absolute Gasteiger partial charge is 0.265 e. The Morgan fingerprint density at radius 3 is 2.50 bits per heavy atom. The van der Waals surface area contributed by atoms with Crippen LogP contribution < -0.4 is 0 Å². The van der Waals surface area contributed by atoms with Gasteiger partial charge in [0, 0.05) is 6.08 Å². The summed E-state index contributed by atoms with van der Waals surface area (Å²) >= 11 is 1.46. The average Bonchev–Trinajstić information content (AvgIpc) is 2.04. The van der Waals surface area contributed by atoms with Crippen molar-refractivity contribution in [2.24, 2.45) is 0 Å². The molecule has 66 valence electrons. The summed E-state index contributed by atoms with van der Waals surface area (Å²) in [6.45, 7) is 5.29. The standard InChI is InChI=1S/C8H11NO2S/c1-4-8(9(10)11)6-5-7(2)12-3/h4-6H,2H2,1,3H3/b6-5-,8-4+. The lowest BCUT2D eigenvalue weighted by Crippen LogP contribution is -1.93. The summed E-state index contributed by atoms with van der Waals surface area (Å²) in [5, 5.41) is 10.3. The van der Waals surface area contributed by atoms with Crippen molar-refractivity contribution in [3.63, 3.8) is 0 Å². The molecule has 0 saturated heterocycles. The molecule has 0 heterocycles. The summed E-state index contributed by atoms with van der Waals surface area (Å²) in [5.74, 6) is 0. The Morgan fingerprint density at radius 1 is 1.58 bits per heavy atom. The molecule has 0 saturated carbocycles. The van der Waals surface area contributed by atoms with Crippen LogP contribution in [0.2, 0.25) is 0 Å². The normalized spacial score (nSPS) is 12.0. The molecule has 0 spiro atoms. The van der Waals surface area contributed by atoms with E-state index in [1.165, 1.54) is 23.9 Å². The first-order chi connectivity index (χ1) is 5.61. The maximum absolute atomic E-state index is 10.3. The summed E-state index contributed by atoms with van der Waals surface area (Å²) in [6, 6.07) is 0. The van der Waals surface area contributed by atoms with Crippen molar-refractivity contribution in [1.82, 2.24) is 0 Å². The highest BCUT2D eigenvalue weighted by molar-refractivity contribution is 8.02. The molecule has 4 heteroatoms. The number of thioether (sulfide) groups is 1.